The average Bonchev–Trinajstić information content (AvgIpc) is 2.99. The Morgan fingerprint density at radius 1 is 1.30 bits per heavy atom. The Balaban J connectivity index is 2.20. The van der Waals surface area contributed by atoms with Gasteiger partial charge >= 0.3 is 0 Å². The molecule has 2 rings (SSSR count). The van der Waals surface area contributed by atoms with E-state index in [0.717, 1.165) is 12.8 Å². The number of halogens is 1. The average molecular weight is 359 g/mol. The fourth-order valence-electron chi connectivity index (χ4n) is 2.72. The highest BCUT2D eigenvalue weighted by molar-refractivity contribution is 7.89. The van der Waals surface area contributed by atoms with Crippen LogP contribution < -0.4 is 4.72 Å². The maximum atomic E-state index is 12.6. The van der Waals surface area contributed by atoms with Gasteiger partial charge in [0.15, 0.2) is 0 Å². The van der Waals surface area contributed by atoms with Crippen LogP contribution in [0.2, 0.25) is 5.02 Å². The van der Waals surface area contributed by atoms with Crippen LogP contribution in [-0.4, -0.2) is 38.4 Å². The van der Waals surface area contributed by atoms with Crippen LogP contribution in [0, 0.1) is 5.92 Å². The second kappa shape index (κ2) is 7.64. The smallest absolute Gasteiger partial charge is 0.241 e. The molecular weight excluding hydrogens is 336 g/mol. The van der Waals surface area contributed by atoms with Gasteiger partial charge < -0.3 is 4.90 Å². The molecule has 1 N–H and O–H groups in total. The number of hydrogen-bond donors (Lipinski definition) is 1. The Morgan fingerprint density at radius 3 is 2.52 bits per heavy atom. The molecule has 1 atom stereocenters. The van der Waals surface area contributed by atoms with E-state index in [-0.39, 0.29) is 16.7 Å². The maximum absolute atomic E-state index is 12.6. The molecule has 128 valence electrons. The van der Waals surface area contributed by atoms with Crippen LogP contribution in [0.25, 0.3) is 0 Å². The van der Waals surface area contributed by atoms with Crippen LogP contribution in [0.1, 0.15) is 33.1 Å². The Bertz CT molecular complexity index is 655. The molecule has 1 aromatic rings. The summed E-state index contributed by atoms with van der Waals surface area (Å²) in [4.78, 5) is 14.5. The molecule has 1 aliphatic rings. The number of carbonyl (C=O) groups is 1. The van der Waals surface area contributed by atoms with E-state index in [2.05, 4.69) is 4.72 Å². The zero-order valence-electron chi connectivity index (χ0n) is 13.5. The third kappa shape index (κ3) is 4.93. The van der Waals surface area contributed by atoms with E-state index in [1.54, 1.807) is 17.0 Å². The second-order valence-corrected chi connectivity index (χ2v) is 8.44. The molecule has 1 aromatic carbocycles. The van der Waals surface area contributed by atoms with Gasteiger partial charge in [0.05, 0.1) is 4.90 Å². The minimum Gasteiger partial charge on any atom is -0.341 e. The third-order valence-electron chi connectivity index (χ3n) is 3.83. The lowest BCUT2D eigenvalue weighted by Crippen LogP contribution is -2.48. The van der Waals surface area contributed by atoms with E-state index in [0.29, 0.717) is 24.5 Å². The van der Waals surface area contributed by atoms with Gasteiger partial charge in [-0.3, -0.25) is 4.79 Å². The van der Waals surface area contributed by atoms with Crippen molar-refractivity contribution in [2.75, 3.05) is 13.1 Å². The topological polar surface area (TPSA) is 66.5 Å². The van der Waals surface area contributed by atoms with Crippen LogP contribution in [0.5, 0.6) is 0 Å². The van der Waals surface area contributed by atoms with Gasteiger partial charge in [0.25, 0.3) is 0 Å². The summed E-state index contributed by atoms with van der Waals surface area (Å²) >= 11 is 5.87. The predicted octanol–water partition coefficient (Wildman–Crippen LogP) is 2.66. The van der Waals surface area contributed by atoms with Crippen LogP contribution in [0.3, 0.4) is 0 Å². The minimum absolute atomic E-state index is 0.0768. The van der Waals surface area contributed by atoms with Crippen molar-refractivity contribution in [3.05, 3.63) is 29.3 Å². The van der Waals surface area contributed by atoms with Gasteiger partial charge in [0.1, 0.15) is 6.04 Å². The summed E-state index contributed by atoms with van der Waals surface area (Å²) in [5.41, 5.74) is 0. The summed E-state index contributed by atoms with van der Waals surface area (Å²) in [6, 6.07) is 5.31. The molecular formula is C16H23ClN2O3S. The van der Waals surface area contributed by atoms with Crippen LogP contribution >= 0.6 is 11.6 Å². The van der Waals surface area contributed by atoms with Gasteiger partial charge in [-0.2, -0.15) is 4.72 Å². The second-order valence-electron chi connectivity index (χ2n) is 6.29. The van der Waals surface area contributed by atoms with Crippen molar-refractivity contribution in [3.63, 3.8) is 0 Å². The van der Waals surface area contributed by atoms with Gasteiger partial charge in [-0.25, -0.2) is 8.42 Å². The lowest BCUT2D eigenvalue weighted by molar-refractivity contribution is -0.132. The van der Waals surface area contributed by atoms with Crippen molar-refractivity contribution in [2.45, 2.75) is 44.0 Å². The van der Waals surface area contributed by atoms with E-state index in [1.807, 2.05) is 13.8 Å². The Morgan fingerprint density at radius 2 is 1.96 bits per heavy atom. The highest BCUT2D eigenvalue weighted by Gasteiger charge is 2.31. The molecule has 0 saturated carbocycles. The van der Waals surface area contributed by atoms with Crippen LogP contribution in [-0.2, 0) is 14.8 Å². The van der Waals surface area contributed by atoms with E-state index < -0.39 is 16.1 Å². The first-order valence-electron chi connectivity index (χ1n) is 7.86. The lowest BCUT2D eigenvalue weighted by atomic mass is 10.0. The molecule has 1 aliphatic heterocycles. The number of nitrogens with one attached hydrogen (secondary N) is 1. The van der Waals surface area contributed by atoms with Crippen molar-refractivity contribution in [1.29, 1.82) is 0 Å². The number of rotatable bonds is 6. The van der Waals surface area contributed by atoms with Crippen molar-refractivity contribution >= 4 is 27.5 Å². The van der Waals surface area contributed by atoms with Crippen molar-refractivity contribution < 1.29 is 13.2 Å². The van der Waals surface area contributed by atoms with E-state index in [1.165, 1.54) is 12.1 Å². The van der Waals surface area contributed by atoms with Crippen molar-refractivity contribution in [2.24, 2.45) is 5.92 Å². The molecule has 7 heteroatoms. The van der Waals surface area contributed by atoms with Gasteiger partial charge in [-0.05, 0) is 43.4 Å². The number of sulfonamides is 1. The first kappa shape index (κ1) is 18.2. The Hall–Kier alpha value is -1.11. The zero-order chi connectivity index (χ0) is 17.0. The molecule has 0 radical (unpaired) electrons. The summed E-state index contributed by atoms with van der Waals surface area (Å²) in [6.07, 6.45) is 2.41. The molecule has 0 spiro atoms. The summed E-state index contributed by atoms with van der Waals surface area (Å²) in [5, 5.41) is 0.346. The summed E-state index contributed by atoms with van der Waals surface area (Å²) in [6.45, 7) is 5.34. The molecule has 1 fully saturated rings. The van der Waals surface area contributed by atoms with Crippen LogP contribution in [0.15, 0.2) is 29.2 Å². The molecule has 1 amide bonds. The Labute approximate surface area is 143 Å². The molecule has 23 heavy (non-hydrogen) atoms. The van der Waals surface area contributed by atoms with Crippen LogP contribution in [0.4, 0.5) is 0 Å². The number of benzene rings is 1. The van der Waals surface area contributed by atoms with E-state index in [9.17, 15) is 13.2 Å². The standard InChI is InChI=1S/C16H23ClN2O3S/c1-12(2)10-15(16(20)19-8-3-4-9-19)18-23(21,22)14-7-5-6-13(17)11-14/h5-7,11-12,15,18H,3-4,8-10H2,1-2H3/t15-/m1/s1. The number of nitrogens with zero attached hydrogens (tertiary/aromatic N) is 1. The molecule has 0 aromatic heterocycles. The number of carbonyl (C=O) groups excluding carboxylic acids is 1. The molecule has 0 bridgehead atoms. The highest BCUT2D eigenvalue weighted by atomic mass is 35.5. The largest absolute Gasteiger partial charge is 0.341 e. The molecule has 0 unspecified atom stereocenters. The maximum Gasteiger partial charge on any atom is 0.241 e. The first-order valence-corrected chi connectivity index (χ1v) is 9.72. The fourth-order valence-corrected chi connectivity index (χ4v) is 4.22. The summed E-state index contributed by atoms with van der Waals surface area (Å²) in [7, 11) is -3.78. The monoisotopic (exact) mass is 358 g/mol. The summed E-state index contributed by atoms with van der Waals surface area (Å²) < 4.78 is 27.7. The fraction of sp³-hybridized carbons (Fsp3) is 0.562. The third-order valence-corrected chi connectivity index (χ3v) is 5.53. The van der Waals surface area contributed by atoms with Gasteiger partial charge in [0, 0.05) is 18.1 Å². The molecule has 5 nitrogen and oxygen atoms in total. The van der Waals surface area contributed by atoms with Crippen molar-refractivity contribution in [3.8, 4) is 0 Å². The van der Waals surface area contributed by atoms with E-state index in [4.69, 9.17) is 11.6 Å². The molecule has 0 aliphatic carbocycles. The van der Waals surface area contributed by atoms with Gasteiger partial charge in [-0.1, -0.05) is 31.5 Å². The molecule has 1 saturated heterocycles. The number of likely N-dealkylation sites (tertiary alicyclic amines) is 1. The van der Waals surface area contributed by atoms with E-state index >= 15 is 0 Å². The van der Waals surface area contributed by atoms with Gasteiger partial charge in [0.2, 0.25) is 15.9 Å². The number of amides is 1. The minimum atomic E-state index is -3.78. The summed E-state index contributed by atoms with van der Waals surface area (Å²) in [5.74, 6) is 0.0652. The first-order chi connectivity index (χ1) is 10.8. The predicted molar refractivity (Wildman–Crippen MR) is 90.8 cm³/mol. The SMILES string of the molecule is CC(C)C[C@@H](NS(=O)(=O)c1cccc(Cl)c1)C(=O)N1CCCC1. The highest BCUT2D eigenvalue weighted by Crippen LogP contribution is 2.18. The molecule has 1 heterocycles. The number of hydrogen-bond acceptors (Lipinski definition) is 3. The lowest BCUT2D eigenvalue weighted by Gasteiger charge is -2.25. The normalized spacial score (nSPS) is 16.8. The Kier molecular flexibility index (Phi) is 6.06. The van der Waals surface area contributed by atoms with Gasteiger partial charge in [-0.15, -0.1) is 0 Å². The quantitative estimate of drug-likeness (QED) is 0.850. The zero-order valence-corrected chi connectivity index (χ0v) is 15.0. The van der Waals surface area contributed by atoms with Crippen molar-refractivity contribution in [1.82, 2.24) is 9.62 Å².